The molecule has 0 bridgehead atoms. The molecule has 20 heavy (non-hydrogen) atoms. The van der Waals surface area contributed by atoms with E-state index in [1.807, 2.05) is 25.2 Å². The molecule has 110 valence electrons. The number of hydrogen-bond donors (Lipinski definition) is 0. The van der Waals surface area contributed by atoms with Crippen LogP contribution in [0.25, 0.3) is 11.3 Å². The van der Waals surface area contributed by atoms with Gasteiger partial charge in [0.1, 0.15) is 0 Å². The summed E-state index contributed by atoms with van der Waals surface area (Å²) in [7, 11) is 0. The Balaban J connectivity index is 0.000000956. The predicted octanol–water partition coefficient (Wildman–Crippen LogP) is 6.26. The molecule has 0 aliphatic rings. The van der Waals surface area contributed by atoms with Crippen LogP contribution in [0.1, 0.15) is 64.3 Å². The Morgan fingerprint density at radius 2 is 1.55 bits per heavy atom. The second-order valence-electron chi connectivity index (χ2n) is 6.00. The maximum absolute atomic E-state index is 4.89. The van der Waals surface area contributed by atoms with Gasteiger partial charge < -0.3 is 0 Å². The summed E-state index contributed by atoms with van der Waals surface area (Å²) in [5.74, 6) is 0.522. The molecule has 2 aromatic rings. The zero-order chi connectivity index (χ0) is 15.3. The number of nitrogens with zero attached hydrogens (tertiary/aromatic N) is 1. The average molecular weight is 289 g/mol. The minimum Gasteiger partial charge on any atom is -0.240 e. The van der Waals surface area contributed by atoms with Crippen molar-refractivity contribution in [3.05, 3.63) is 40.2 Å². The van der Waals surface area contributed by atoms with Gasteiger partial charge in [0.25, 0.3) is 0 Å². The Morgan fingerprint density at radius 1 is 1.00 bits per heavy atom. The molecule has 1 nitrogen and oxygen atoms in total. The van der Waals surface area contributed by atoms with E-state index in [1.165, 1.54) is 21.1 Å². The van der Waals surface area contributed by atoms with E-state index in [2.05, 4.69) is 65.0 Å². The summed E-state index contributed by atoms with van der Waals surface area (Å²) >= 11 is 1.86. The molecule has 0 aliphatic heterocycles. The topological polar surface area (TPSA) is 12.9 Å². The van der Waals surface area contributed by atoms with Gasteiger partial charge in [0.2, 0.25) is 0 Å². The lowest BCUT2D eigenvalue weighted by Crippen LogP contribution is -2.10. The summed E-state index contributed by atoms with van der Waals surface area (Å²) in [6.45, 7) is 15.2. The van der Waals surface area contributed by atoms with Crippen molar-refractivity contribution in [2.24, 2.45) is 0 Å². The van der Waals surface area contributed by atoms with Crippen molar-refractivity contribution in [2.45, 2.75) is 59.8 Å². The van der Waals surface area contributed by atoms with Crippen LogP contribution in [0, 0.1) is 0 Å². The van der Waals surface area contributed by atoms with E-state index in [0.29, 0.717) is 5.92 Å². The minimum atomic E-state index is 0.126. The first kappa shape index (κ1) is 16.9. The van der Waals surface area contributed by atoms with Crippen LogP contribution >= 0.6 is 11.3 Å². The quantitative estimate of drug-likeness (QED) is 0.636. The standard InChI is InChI=1S/C16H21NS.C2H6/c1-11(2)14-13(12-9-7-6-8-10-12)17-15(18-14)16(3,4)5;1-2/h6-11H,1-5H3;1-2H3. The van der Waals surface area contributed by atoms with Gasteiger partial charge in [-0.05, 0) is 5.92 Å². The molecule has 0 spiro atoms. The Kier molecular flexibility index (Phi) is 5.94. The van der Waals surface area contributed by atoms with Crippen molar-refractivity contribution in [1.29, 1.82) is 0 Å². The number of benzene rings is 1. The average Bonchev–Trinajstić information content (AvgIpc) is 2.87. The molecule has 0 aliphatic carbocycles. The van der Waals surface area contributed by atoms with Gasteiger partial charge in [-0.2, -0.15) is 0 Å². The molecule has 0 N–H and O–H groups in total. The second-order valence-corrected chi connectivity index (χ2v) is 7.03. The first-order valence-electron chi connectivity index (χ1n) is 7.46. The summed E-state index contributed by atoms with van der Waals surface area (Å²) in [6.07, 6.45) is 0. The lowest BCUT2D eigenvalue weighted by atomic mass is 9.98. The fourth-order valence-electron chi connectivity index (χ4n) is 1.85. The van der Waals surface area contributed by atoms with Gasteiger partial charge in [0, 0.05) is 15.9 Å². The lowest BCUT2D eigenvalue weighted by Gasteiger charge is -2.13. The second kappa shape index (κ2) is 7.03. The van der Waals surface area contributed by atoms with Crippen molar-refractivity contribution < 1.29 is 0 Å². The summed E-state index contributed by atoms with van der Waals surface area (Å²) in [6, 6.07) is 10.5. The van der Waals surface area contributed by atoms with E-state index >= 15 is 0 Å². The van der Waals surface area contributed by atoms with E-state index < -0.39 is 0 Å². The van der Waals surface area contributed by atoms with Gasteiger partial charge >= 0.3 is 0 Å². The molecule has 0 atom stereocenters. The largest absolute Gasteiger partial charge is 0.240 e. The van der Waals surface area contributed by atoms with Crippen molar-refractivity contribution in [2.75, 3.05) is 0 Å². The van der Waals surface area contributed by atoms with Crippen molar-refractivity contribution in [3.63, 3.8) is 0 Å². The van der Waals surface area contributed by atoms with Crippen LogP contribution in [-0.4, -0.2) is 4.98 Å². The summed E-state index contributed by atoms with van der Waals surface area (Å²) in [5.41, 5.74) is 2.52. The lowest BCUT2D eigenvalue weighted by molar-refractivity contribution is 0.586. The van der Waals surface area contributed by atoms with Gasteiger partial charge in [-0.15, -0.1) is 11.3 Å². The maximum Gasteiger partial charge on any atom is 0.0989 e. The zero-order valence-corrected chi connectivity index (χ0v) is 14.6. The van der Waals surface area contributed by atoms with Crippen LogP contribution in [0.4, 0.5) is 0 Å². The highest BCUT2D eigenvalue weighted by Crippen LogP contribution is 2.38. The monoisotopic (exact) mass is 289 g/mol. The highest BCUT2D eigenvalue weighted by atomic mass is 32.1. The first-order valence-corrected chi connectivity index (χ1v) is 8.28. The molecule has 0 saturated carbocycles. The van der Waals surface area contributed by atoms with E-state index in [9.17, 15) is 0 Å². The van der Waals surface area contributed by atoms with Crippen molar-refractivity contribution in [1.82, 2.24) is 4.98 Å². The predicted molar refractivity (Wildman–Crippen MR) is 91.7 cm³/mol. The maximum atomic E-state index is 4.89. The fourth-order valence-corrected chi connectivity index (χ4v) is 2.99. The summed E-state index contributed by atoms with van der Waals surface area (Å²) in [5, 5.41) is 1.23. The molecular formula is C18H27NS. The molecule has 1 aromatic heterocycles. The number of thiazole rings is 1. The third kappa shape index (κ3) is 3.92. The van der Waals surface area contributed by atoms with Gasteiger partial charge in [-0.1, -0.05) is 78.8 Å². The highest BCUT2D eigenvalue weighted by molar-refractivity contribution is 7.12. The van der Waals surface area contributed by atoms with Gasteiger partial charge in [0.15, 0.2) is 0 Å². The first-order chi connectivity index (χ1) is 9.39. The van der Waals surface area contributed by atoms with Crippen LogP contribution in [0.3, 0.4) is 0 Å². The molecule has 0 fully saturated rings. The van der Waals surface area contributed by atoms with Crippen molar-refractivity contribution in [3.8, 4) is 11.3 Å². The van der Waals surface area contributed by atoms with E-state index in [0.717, 1.165) is 0 Å². The number of aromatic nitrogens is 1. The van der Waals surface area contributed by atoms with Crippen LogP contribution < -0.4 is 0 Å². The van der Waals surface area contributed by atoms with Gasteiger partial charge in [-0.25, -0.2) is 4.98 Å². The Bertz CT molecular complexity index is 518. The highest BCUT2D eigenvalue weighted by Gasteiger charge is 2.23. The molecular weight excluding hydrogens is 262 g/mol. The van der Waals surface area contributed by atoms with Crippen molar-refractivity contribution >= 4 is 11.3 Å². The molecule has 0 unspecified atom stereocenters. The Hall–Kier alpha value is -1.15. The summed E-state index contributed by atoms with van der Waals surface area (Å²) in [4.78, 5) is 6.29. The number of hydrogen-bond acceptors (Lipinski definition) is 2. The van der Waals surface area contributed by atoms with E-state index in [1.54, 1.807) is 0 Å². The SMILES string of the molecule is CC.CC(C)c1sc(C(C)(C)C)nc1-c1ccccc1. The van der Waals surface area contributed by atoms with E-state index in [-0.39, 0.29) is 5.41 Å². The van der Waals surface area contributed by atoms with Gasteiger partial charge in [0.05, 0.1) is 10.7 Å². The Labute approximate surface area is 128 Å². The number of rotatable bonds is 2. The minimum absolute atomic E-state index is 0.126. The molecule has 0 amide bonds. The molecule has 0 radical (unpaired) electrons. The molecule has 0 saturated heterocycles. The zero-order valence-electron chi connectivity index (χ0n) is 13.8. The molecule has 1 aromatic carbocycles. The molecule has 2 heteroatoms. The third-order valence-electron chi connectivity index (χ3n) is 2.87. The fraction of sp³-hybridized carbons (Fsp3) is 0.500. The van der Waals surface area contributed by atoms with E-state index in [4.69, 9.17) is 4.98 Å². The van der Waals surface area contributed by atoms with Crippen LogP contribution in [0.15, 0.2) is 30.3 Å². The molecule has 1 heterocycles. The van der Waals surface area contributed by atoms with Crippen LogP contribution in [0.2, 0.25) is 0 Å². The third-order valence-corrected chi connectivity index (χ3v) is 4.65. The smallest absolute Gasteiger partial charge is 0.0989 e. The van der Waals surface area contributed by atoms with Crippen LogP contribution in [0.5, 0.6) is 0 Å². The Morgan fingerprint density at radius 3 is 2.00 bits per heavy atom. The summed E-state index contributed by atoms with van der Waals surface area (Å²) < 4.78 is 0. The van der Waals surface area contributed by atoms with Crippen LogP contribution in [-0.2, 0) is 5.41 Å². The van der Waals surface area contributed by atoms with Gasteiger partial charge in [-0.3, -0.25) is 0 Å². The normalized spacial score (nSPS) is 11.2. The molecule has 2 rings (SSSR count).